The quantitative estimate of drug-likeness (QED) is 0.346. The van der Waals surface area contributed by atoms with Gasteiger partial charge in [0.15, 0.2) is 11.7 Å². The number of carbonyl (C=O) groups excluding carboxylic acids is 2. The fourth-order valence-corrected chi connectivity index (χ4v) is 4.29. The molecule has 0 atom stereocenters. The maximum Gasteiger partial charge on any atom is 0.310 e. The van der Waals surface area contributed by atoms with Crippen LogP contribution in [0.2, 0.25) is 0 Å². The molecule has 6 heteroatoms. The summed E-state index contributed by atoms with van der Waals surface area (Å²) < 4.78 is 7.24. The number of Topliss-reactive ketones (excluding diaryl/α,β-unsaturated/α-hetero) is 1. The third kappa shape index (κ3) is 3.84. The largest absolute Gasteiger partial charge is 0.457 e. The van der Waals surface area contributed by atoms with Crippen molar-refractivity contribution in [2.45, 2.75) is 20.3 Å². The second-order valence-corrected chi connectivity index (χ2v) is 7.71. The summed E-state index contributed by atoms with van der Waals surface area (Å²) >= 11 is 1.50. The minimum Gasteiger partial charge on any atom is -0.457 e. The van der Waals surface area contributed by atoms with Crippen LogP contribution in [0.25, 0.3) is 15.9 Å². The molecule has 0 spiro atoms. The molecule has 0 radical (unpaired) electrons. The van der Waals surface area contributed by atoms with Crippen LogP contribution in [-0.4, -0.2) is 27.9 Å². The van der Waals surface area contributed by atoms with Crippen molar-refractivity contribution >= 4 is 33.9 Å². The van der Waals surface area contributed by atoms with E-state index in [0.29, 0.717) is 5.56 Å². The highest BCUT2D eigenvalue weighted by Crippen LogP contribution is 2.23. The van der Waals surface area contributed by atoms with E-state index in [-0.39, 0.29) is 18.8 Å². The van der Waals surface area contributed by atoms with Gasteiger partial charge in [0, 0.05) is 28.5 Å². The van der Waals surface area contributed by atoms with E-state index in [9.17, 15) is 9.59 Å². The van der Waals surface area contributed by atoms with Crippen molar-refractivity contribution in [2.24, 2.45) is 0 Å². The second-order valence-electron chi connectivity index (χ2n) is 6.83. The number of thiazole rings is 1. The number of aryl methyl sites for hydroxylation is 1. The molecule has 0 fully saturated rings. The van der Waals surface area contributed by atoms with Crippen LogP contribution in [0.5, 0.6) is 0 Å². The fourth-order valence-electron chi connectivity index (χ4n) is 3.54. The van der Waals surface area contributed by atoms with Crippen LogP contribution in [0.4, 0.5) is 0 Å². The number of hydrogen-bond donors (Lipinski definition) is 0. The van der Waals surface area contributed by atoms with Crippen LogP contribution in [0.3, 0.4) is 0 Å². The van der Waals surface area contributed by atoms with Crippen molar-refractivity contribution in [3.63, 3.8) is 0 Å². The van der Waals surface area contributed by atoms with Crippen LogP contribution in [-0.2, 0) is 16.0 Å². The van der Waals surface area contributed by atoms with Gasteiger partial charge in [-0.3, -0.25) is 14.2 Å². The molecule has 0 aliphatic heterocycles. The van der Waals surface area contributed by atoms with Crippen LogP contribution in [0, 0.1) is 13.8 Å². The summed E-state index contributed by atoms with van der Waals surface area (Å²) in [5.74, 6) is -0.629. The SMILES string of the molecule is Cc1cc(C(=O)COC(=O)Cc2cccc3ccccc23)c(C)n1-c1nccs1. The lowest BCUT2D eigenvalue weighted by Gasteiger charge is -2.08. The molecule has 0 amide bonds. The Bertz CT molecular complexity index is 1190. The van der Waals surface area contributed by atoms with Crippen molar-refractivity contribution in [3.8, 4) is 5.13 Å². The zero-order valence-corrected chi connectivity index (χ0v) is 17.0. The van der Waals surface area contributed by atoms with Gasteiger partial charge in [-0.25, -0.2) is 4.98 Å². The summed E-state index contributed by atoms with van der Waals surface area (Å²) in [5.41, 5.74) is 3.16. The van der Waals surface area contributed by atoms with Crippen LogP contribution in [0.15, 0.2) is 60.1 Å². The number of rotatable bonds is 6. The maximum absolute atomic E-state index is 12.7. The molecule has 146 valence electrons. The first-order valence-electron chi connectivity index (χ1n) is 9.29. The summed E-state index contributed by atoms with van der Waals surface area (Å²) in [4.78, 5) is 29.3. The average Bonchev–Trinajstić information content (AvgIpc) is 3.34. The summed E-state index contributed by atoms with van der Waals surface area (Å²) in [5, 5.41) is 4.80. The highest BCUT2D eigenvalue weighted by Gasteiger charge is 2.19. The molecule has 0 aliphatic rings. The van der Waals surface area contributed by atoms with Gasteiger partial charge < -0.3 is 4.74 Å². The predicted molar refractivity (Wildman–Crippen MR) is 114 cm³/mol. The smallest absolute Gasteiger partial charge is 0.310 e. The Labute approximate surface area is 172 Å². The van der Waals surface area contributed by atoms with Gasteiger partial charge in [0.1, 0.15) is 0 Å². The minimum absolute atomic E-state index is 0.132. The molecule has 0 N–H and O–H groups in total. The first-order valence-corrected chi connectivity index (χ1v) is 10.2. The normalized spacial score (nSPS) is 11.0. The lowest BCUT2D eigenvalue weighted by atomic mass is 10.0. The van der Waals surface area contributed by atoms with E-state index in [1.807, 2.05) is 72.3 Å². The lowest BCUT2D eigenvalue weighted by molar-refractivity contribution is -0.141. The Morgan fingerprint density at radius 3 is 2.69 bits per heavy atom. The van der Waals surface area contributed by atoms with Crippen LogP contribution < -0.4 is 0 Å². The van der Waals surface area contributed by atoms with Gasteiger partial charge in [-0.1, -0.05) is 42.5 Å². The number of fused-ring (bicyclic) bond motifs is 1. The van der Waals surface area contributed by atoms with Crippen molar-refractivity contribution in [1.82, 2.24) is 9.55 Å². The standard InChI is InChI=1S/C23H20N2O3S/c1-15-12-20(16(2)25(15)23-24-10-11-29-23)21(26)14-28-22(27)13-18-8-5-7-17-6-3-4-9-19(17)18/h3-12H,13-14H2,1-2H3. The molecule has 5 nitrogen and oxygen atoms in total. The van der Waals surface area contributed by atoms with Gasteiger partial charge in [-0.2, -0.15) is 0 Å². The molecule has 0 aliphatic carbocycles. The Hall–Kier alpha value is -3.25. The van der Waals surface area contributed by atoms with Crippen LogP contribution >= 0.6 is 11.3 Å². The van der Waals surface area contributed by atoms with E-state index < -0.39 is 5.97 Å². The van der Waals surface area contributed by atoms with E-state index in [0.717, 1.165) is 32.9 Å². The summed E-state index contributed by atoms with van der Waals surface area (Å²) in [6.07, 6.45) is 1.86. The second kappa shape index (κ2) is 8.01. The first kappa shape index (κ1) is 19.1. The zero-order chi connectivity index (χ0) is 20.4. The molecule has 0 saturated carbocycles. The molecule has 0 saturated heterocycles. The number of aromatic nitrogens is 2. The van der Waals surface area contributed by atoms with Crippen molar-refractivity contribution in [3.05, 3.63) is 82.6 Å². The van der Waals surface area contributed by atoms with E-state index in [4.69, 9.17) is 4.74 Å². The molecule has 4 rings (SSSR count). The van der Waals surface area contributed by atoms with Crippen molar-refractivity contribution in [1.29, 1.82) is 0 Å². The van der Waals surface area contributed by atoms with E-state index in [2.05, 4.69) is 4.98 Å². The number of benzene rings is 2. The minimum atomic E-state index is -0.413. The van der Waals surface area contributed by atoms with E-state index in [1.54, 1.807) is 6.20 Å². The lowest BCUT2D eigenvalue weighted by Crippen LogP contribution is -2.16. The molecule has 0 unspecified atom stereocenters. The highest BCUT2D eigenvalue weighted by atomic mass is 32.1. The molecular weight excluding hydrogens is 384 g/mol. The fraction of sp³-hybridized carbons (Fsp3) is 0.174. The Kier molecular flexibility index (Phi) is 5.27. The predicted octanol–water partition coefficient (Wildman–Crippen LogP) is 4.67. The maximum atomic E-state index is 12.7. The molecule has 29 heavy (non-hydrogen) atoms. The number of nitrogens with zero attached hydrogens (tertiary/aromatic N) is 2. The monoisotopic (exact) mass is 404 g/mol. The molecule has 2 heterocycles. The van der Waals surface area contributed by atoms with Gasteiger partial charge in [0.05, 0.1) is 6.42 Å². The Morgan fingerprint density at radius 2 is 1.90 bits per heavy atom. The van der Waals surface area contributed by atoms with Gasteiger partial charge in [0.25, 0.3) is 0 Å². The molecule has 4 aromatic rings. The van der Waals surface area contributed by atoms with E-state index in [1.165, 1.54) is 11.3 Å². The molecular formula is C23H20N2O3S. The van der Waals surface area contributed by atoms with Crippen LogP contribution in [0.1, 0.15) is 27.3 Å². The van der Waals surface area contributed by atoms with Crippen molar-refractivity contribution in [2.75, 3.05) is 6.61 Å². The Balaban J connectivity index is 1.45. The average molecular weight is 404 g/mol. The third-order valence-corrected chi connectivity index (χ3v) is 5.68. The zero-order valence-electron chi connectivity index (χ0n) is 16.2. The third-order valence-electron chi connectivity index (χ3n) is 4.92. The van der Waals surface area contributed by atoms with Gasteiger partial charge in [0.2, 0.25) is 5.78 Å². The topological polar surface area (TPSA) is 61.2 Å². The molecule has 2 aromatic carbocycles. The van der Waals surface area contributed by atoms with Gasteiger partial charge in [-0.05, 0) is 36.2 Å². The highest BCUT2D eigenvalue weighted by molar-refractivity contribution is 7.12. The van der Waals surface area contributed by atoms with E-state index >= 15 is 0 Å². The summed E-state index contributed by atoms with van der Waals surface area (Å²) in [6.45, 7) is 3.53. The first-order chi connectivity index (χ1) is 14.0. The molecule has 2 aromatic heterocycles. The van der Waals surface area contributed by atoms with Gasteiger partial charge in [-0.15, -0.1) is 11.3 Å². The van der Waals surface area contributed by atoms with Crippen molar-refractivity contribution < 1.29 is 14.3 Å². The number of hydrogen-bond acceptors (Lipinski definition) is 5. The number of ether oxygens (including phenoxy) is 1. The number of ketones is 1. The summed E-state index contributed by atoms with van der Waals surface area (Å²) in [7, 11) is 0. The number of carbonyl (C=O) groups is 2. The number of esters is 1. The summed E-state index contributed by atoms with van der Waals surface area (Å²) in [6, 6.07) is 15.5. The Morgan fingerprint density at radius 1 is 1.10 bits per heavy atom. The molecule has 0 bridgehead atoms. The van der Waals surface area contributed by atoms with Gasteiger partial charge >= 0.3 is 5.97 Å².